The lowest BCUT2D eigenvalue weighted by molar-refractivity contribution is -0.387. The summed E-state index contributed by atoms with van der Waals surface area (Å²) in [7, 11) is 1.66. The van der Waals surface area contributed by atoms with Crippen molar-refractivity contribution >= 4 is 5.91 Å². The number of methoxy groups -OCH3 is 1. The lowest BCUT2D eigenvalue weighted by Crippen LogP contribution is -2.65. The SMILES string of the molecule is COC[C@H]1CC[C@@H]2/C1=C\[C@@]1(C)CCC([C@H](C)CNC(=O)C(F)(F)F)=C1[C@@H](O[C@H]1O[C@@H]3COC(C)(C)O[C@H]3[C@H](O)[C@H]1O)[C@H](O)[C@@H]2C. The normalized spacial score (nSPS) is 43.3. The van der Waals surface area contributed by atoms with Gasteiger partial charge in [0, 0.05) is 25.0 Å². The second-order valence-corrected chi connectivity index (χ2v) is 14.2. The smallest absolute Gasteiger partial charge is 0.390 e. The molecule has 0 unspecified atom stereocenters. The monoisotopic (exact) mass is 647 g/mol. The summed E-state index contributed by atoms with van der Waals surface area (Å²) in [6, 6.07) is 0. The van der Waals surface area contributed by atoms with Crippen molar-refractivity contribution in [2.45, 2.75) is 115 Å². The fourth-order valence-electron chi connectivity index (χ4n) is 8.15. The number of ether oxygens (including phenoxy) is 5. The van der Waals surface area contributed by atoms with Gasteiger partial charge in [0.05, 0.1) is 19.3 Å². The topological polar surface area (TPSA) is 136 Å². The van der Waals surface area contributed by atoms with E-state index in [0.29, 0.717) is 25.0 Å². The molecule has 4 N–H and O–H groups in total. The van der Waals surface area contributed by atoms with Crippen molar-refractivity contribution in [1.29, 1.82) is 0 Å². The highest BCUT2D eigenvalue weighted by Crippen LogP contribution is 2.55. The number of allylic oxidation sites excluding steroid dienone is 1. The van der Waals surface area contributed by atoms with E-state index < -0.39 is 72.1 Å². The second-order valence-electron chi connectivity index (χ2n) is 14.2. The average Bonchev–Trinajstić information content (AvgIpc) is 3.51. The summed E-state index contributed by atoms with van der Waals surface area (Å²) in [5, 5.41) is 36.4. The predicted octanol–water partition coefficient (Wildman–Crippen LogP) is 2.99. The van der Waals surface area contributed by atoms with Gasteiger partial charge in [-0.15, -0.1) is 0 Å². The third-order valence-electron chi connectivity index (χ3n) is 10.6. The number of fused-ring (bicyclic) bond motifs is 3. The Morgan fingerprint density at radius 2 is 1.87 bits per heavy atom. The number of alkyl halides is 3. The molecule has 5 aliphatic rings. The van der Waals surface area contributed by atoms with Gasteiger partial charge in [-0.1, -0.05) is 38.0 Å². The fourth-order valence-corrected chi connectivity index (χ4v) is 8.15. The van der Waals surface area contributed by atoms with Crippen LogP contribution in [0, 0.1) is 29.1 Å². The van der Waals surface area contributed by atoms with Crippen LogP contribution in [-0.2, 0) is 28.5 Å². The maximum atomic E-state index is 13.0. The van der Waals surface area contributed by atoms with Gasteiger partial charge in [-0.05, 0) is 62.9 Å². The van der Waals surface area contributed by atoms with E-state index >= 15 is 0 Å². The van der Waals surface area contributed by atoms with Crippen LogP contribution < -0.4 is 5.32 Å². The van der Waals surface area contributed by atoms with E-state index in [1.54, 1.807) is 27.9 Å². The largest absolute Gasteiger partial charge is 0.471 e. The zero-order valence-electron chi connectivity index (χ0n) is 26.8. The highest BCUT2D eigenvalue weighted by molar-refractivity contribution is 5.81. The van der Waals surface area contributed by atoms with Gasteiger partial charge in [-0.25, -0.2) is 0 Å². The number of hydrogen-bond donors (Lipinski definition) is 4. The lowest BCUT2D eigenvalue weighted by Gasteiger charge is -2.50. The lowest BCUT2D eigenvalue weighted by atomic mass is 9.68. The minimum atomic E-state index is -5.01. The summed E-state index contributed by atoms with van der Waals surface area (Å²) in [5.41, 5.74) is 2.04. The molecule has 2 saturated heterocycles. The van der Waals surface area contributed by atoms with Gasteiger partial charge in [-0.2, -0.15) is 13.2 Å². The molecule has 3 aliphatic carbocycles. The summed E-state index contributed by atoms with van der Waals surface area (Å²) >= 11 is 0. The van der Waals surface area contributed by atoms with Crippen LogP contribution in [0.3, 0.4) is 0 Å². The quantitative estimate of drug-likeness (QED) is 0.308. The van der Waals surface area contributed by atoms with E-state index in [1.807, 2.05) is 19.2 Å². The molecule has 2 heterocycles. The molecule has 1 saturated carbocycles. The summed E-state index contributed by atoms with van der Waals surface area (Å²) in [6.45, 7) is 9.50. The molecule has 0 radical (unpaired) electrons. The van der Waals surface area contributed by atoms with E-state index in [0.717, 1.165) is 18.4 Å². The molecule has 13 heteroatoms. The first kappa shape index (κ1) is 34.7. The number of hydrogen-bond acceptors (Lipinski definition) is 9. The van der Waals surface area contributed by atoms with Crippen LogP contribution >= 0.6 is 0 Å². The third-order valence-corrected chi connectivity index (χ3v) is 10.6. The highest BCUT2D eigenvalue weighted by Gasteiger charge is 2.55. The van der Waals surface area contributed by atoms with E-state index in [9.17, 15) is 33.3 Å². The Morgan fingerprint density at radius 1 is 1.16 bits per heavy atom. The van der Waals surface area contributed by atoms with Crippen LogP contribution in [0.25, 0.3) is 0 Å². The standard InChI is InChI=1S/C32H48F3NO9/c1-15(12-36-29(40)32(33,34)35)18-9-10-31(5)11-20-17(13-41-6)7-8-19(20)16(2)23(37)27(22(18)31)44-28-25(39)24(38)26-21(43-28)14-42-30(3,4)45-26/h11,15-17,19,21,23-28,37-39H,7-10,12-14H2,1-6H3,(H,36,40)/b20-11-/t15-,16-,17-,19+,21-,23-,24-,25-,26-,27-,28-,31-/m1/s1. The van der Waals surface area contributed by atoms with Crippen molar-refractivity contribution in [3.8, 4) is 0 Å². The second kappa shape index (κ2) is 12.8. The van der Waals surface area contributed by atoms with E-state index in [4.69, 9.17) is 23.7 Å². The van der Waals surface area contributed by atoms with Crippen molar-refractivity contribution in [3.05, 3.63) is 22.8 Å². The maximum absolute atomic E-state index is 13.0. The first-order valence-corrected chi connectivity index (χ1v) is 15.9. The third kappa shape index (κ3) is 6.74. The molecule has 0 spiro atoms. The summed E-state index contributed by atoms with van der Waals surface area (Å²) in [4.78, 5) is 11.7. The molecular formula is C32H48F3NO9. The minimum Gasteiger partial charge on any atom is -0.390 e. The van der Waals surface area contributed by atoms with Crippen molar-refractivity contribution < 1.29 is 57.0 Å². The first-order valence-electron chi connectivity index (χ1n) is 15.9. The number of aliphatic hydroxyl groups excluding tert-OH is 3. The molecule has 12 atom stereocenters. The Morgan fingerprint density at radius 3 is 2.53 bits per heavy atom. The molecule has 1 amide bonds. The van der Waals surface area contributed by atoms with Crippen LogP contribution in [0.2, 0.25) is 0 Å². The minimum absolute atomic E-state index is 0.0479. The number of rotatable bonds is 7. The van der Waals surface area contributed by atoms with Crippen LogP contribution in [0.15, 0.2) is 22.8 Å². The Balaban J connectivity index is 1.53. The van der Waals surface area contributed by atoms with E-state index in [2.05, 4.69) is 6.08 Å². The fraction of sp³-hybridized carbons (Fsp3) is 0.844. The molecule has 45 heavy (non-hydrogen) atoms. The van der Waals surface area contributed by atoms with Gasteiger partial charge in [-0.3, -0.25) is 4.79 Å². The summed E-state index contributed by atoms with van der Waals surface area (Å²) in [5.74, 6) is -3.58. The number of amides is 1. The van der Waals surface area contributed by atoms with Gasteiger partial charge < -0.3 is 44.3 Å². The summed E-state index contributed by atoms with van der Waals surface area (Å²) in [6.07, 6.45) is -7.85. The molecule has 2 aliphatic heterocycles. The predicted molar refractivity (Wildman–Crippen MR) is 154 cm³/mol. The van der Waals surface area contributed by atoms with Crippen LogP contribution in [0.4, 0.5) is 13.2 Å². The Bertz CT molecular complexity index is 1170. The number of carbonyl (C=O) groups excluding carboxylic acids is 1. The van der Waals surface area contributed by atoms with Crippen molar-refractivity contribution in [3.63, 3.8) is 0 Å². The molecule has 0 aromatic carbocycles. The number of nitrogens with one attached hydrogen (secondary N) is 1. The number of halogens is 3. The molecule has 0 aromatic heterocycles. The number of carbonyl (C=O) groups is 1. The Labute approximate surface area is 262 Å². The molecule has 5 rings (SSSR count). The molecule has 10 nitrogen and oxygen atoms in total. The van der Waals surface area contributed by atoms with Crippen LogP contribution in [0.1, 0.15) is 60.3 Å². The summed E-state index contributed by atoms with van der Waals surface area (Å²) < 4.78 is 68.8. The van der Waals surface area contributed by atoms with E-state index in [-0.39, 0.29) is 30.9 Å². The van der Waals surface area contributed by atoms with Crippen molar-refractivity contribution in [1.82, 2.24) is 5.32 Å². The molecule has 0 aromatic rings. The zero-order valence-corrected chi connectivity index (χ0v) is 26.8. The first-order chi connectivity index (χ1) is 21.0. The van der Waals surface area contributed by atoms with Gasteiger partial charge in [0.25, 0.3) is 0 Å². The van der Waals surface area contributed by atoms with Crippen molar-refractivity contribution in [2.24, 2.45) is 29.1 Å². The van der Waals surface area contributed by atoms with Crippen LogP contribution in [-0.4, -0.2) is 103 Å². The van der Waals surface area contributed by atoms with E-state index in [1.165, 1.54) is 5.57 Å². The Hall–Kier alpha value is -1.58. The molecule has 3 fully saturated rings. The van der Waals surface area contributed by atoms with Crippen LogP contribution in [0.5, 0.6) is 0 Å². The van der Waals surface area contributed by atoms with Gasteiger partial charge in [0.2, 0.25) is 0 Å². The van der Waals surface area contributed by atoms with Gasteiger partial charge in [0.15, 0.2) is 12.1 Å². The van der Waals surface area contributed by atoms with Gasteiger partial charge in [0.1, 0.15) is 30.5 Å². The van der Waals surface area contributed by atoms with Crippen molar-refractivity contribution in [2.75, 3.05) is 26.9 Å². The molecule has 256 valence electrons. The average molecular weight is 648 g/mol. The molecular weight excluding hydrogens is 599 g/mol. The maximum Gasteiger partial charge on any atom is 0.471 e. The Kier molecular flexibility index (Phi) is 9.88. The highest BCUT2D eigenvalue weighted by atomic mass is 19.4. The molecule has 0 bridgehead atoms. The number of aliphatic hydroxyl groups is 3. The van der Waals surface area contributed by atoms with Gasteiger partial charge >= 0.3 is 12.1 Å². The zero-order chi connectivity index (χ0) is 33.1.